The summed E-state index contributed by atoms with van der Waals surface area (Å²) in [6, 6.07) is 0. The summed E-state index contributed by atoms with van der Waals surface area (Å²) in [5.74, 6) is -1.70. The van der Waals surface area contributed by atoms with Gasteiger partial charge in [-0.3, -0.25) is 19.9 Å². The van der Waals surface area contributed by atoms with E-state index in [1.54, 1.807) is 11.3 Å². The first-order valence-electron chi connectivity index (χ1n) is 9.87. The standard InChI is InChI=1S/C18H20N6O5S3/c1-3-18(2)4-8-9(5-29-18)32-14-12(8)13-19-21-16(30-6-10(25)26)23(13)15-20-22-17(24(14)15)31-7-11(27)28/h13,19H,3-7H2,1-2H3,(H,25,26)(H,27,28). The Hall–Kier alpha value is -2.29. The number of aliphatic carboxylic acids is 2. The summed E-state index contributed by atoms with van der Waals surface area (Å²) in [4.78, 5) is 25.3. The third kappa shape index (κ3) is 3.45. The van der Waals surface area contributed by atoms with Crippen LogP contribution in [0.2, 0.25) is 0 Å². The molecule has 5 heterocycles. The third-order valence-electron chi connectivity index (χ3n) is 5.67. The molecule has 2 unspecified atom stereocenters. The van der Waals surface area contributed by atoms with Crippen LogP contribution in [0.3, 0.4) is 0 Å². The van der Waals surface area contributed by atoms with E-state index in [1.807, 2.05) is 9.47 Å². The first-order valence-corrected chi connectivity index (χ1v) is 12.7. The predicted octanol–water partition coefficient (Wildman–Crippen LogP) is 2.26. The van der Waals surface area contributed by atoms with Gasteiger partial charge in [0.1, 0.15) is 5.00 Å². The summed E-state index contributed by atoms with van der Waals surface area (Å²) >= 11 is 3.78. The van der Waals surface area contributed by atoms with E-state index in [1.165, 1.54) is 5.56 Å². The molecule has 2 atom stereocenters. The Kier molecular flexibility index (Phi) is 5.34. The number of hydrogen-bond acceptors (Lipinski definition) is 11. The maximum absolute atomic E-state index is 11.2. The Bertz CT molecular complexity index is 1150. The van der Waals surface area contributed by atoms with E-state index in [9.17, 15) is 9.59 Å². The lowest BCUT2D eigenvalue weighted by Gasteiger charge is -2.35. The van der Waals surface area contributed by atoms with Gasteiger partial charge in [-0.15, -0.1) is 21.5 Å². The summed E-state index contributed by atoms with van der Waals surface area (Å²) in [5.41, 5.74) is 5.10. The summed E-state index contributed by atoms with van der Waals surface area (Å²) in [6.07, 6.45) is 1.27. The van der Waals surface area contributed by atoms with Crippen LogP contribution in [-0.2, 0) is 27.4 Å². The van der Waals surface area contributed by atoms with E-state index in [2.05, 4.69) is 34.6 Å². The molecule has 14 heteroatoms. The minimum absolute atomic E-state index is 0.144. The number of nitrogens with zero attached hydrogens (tertiary/aromatic N) is 5. The molecular weight excluding hydrogens is 476 g/mol. The van der Waals surface area contributed by atoms with E-state index >= 15 is 0 Å². The third-order valence-corrected chi connectivity index (χ3v) is 8.72. The number of fused-ring (bicyclic) bond motifs is 8. The molecule has 0 spiro atoms. The number of nitrogens with one attached hydrogen (secondary N) is 1. The van der Waals surface area contributed by atoms with E-state index in [4.69, 9.17) is 14.9 Å². The van der Waals surface area contributed by atoms with Gasteiger partial charge in [-0.1, -0.05) is 30.4 Å². The number of carboxylic acids is 2. The van der Waals surface area contributed by atoms with Gasteiger partial charge in [0.2, 0.25) is 5.95 Å². The van der Waals surface area contributed by atoms with Crippen LogP contribution in [0.1, 0.15) is 42.4 Å². The predicted molar refractivity (Wildman–Crippen MR) is 121 cm³/mol. The second kappa shape index (κ2) is 7.93. The molecule has 0 radical (unpaired) electrons. The number of ether oxygens (including phenoxy) is 1. The van der Waals surface area contributed by atoms with Gasteiger partial charge < -0.3 is 14.9 Å². The van der Waals surface area contributed by atoms with E-state index in [-0.39, 0.29) is 23.3 Å². The summed E-state index contributed by atoms with van der Waals surface area (Å²) in [7, 11) is 0. The number of hydrogen-bond donors (Lipinski definition) is 3. The normalized spacial score (nSPS) is 23.0. The van der Waals surface area contributed by atoms with Crippen LogP contribution < -0.4 is 10.3 Å². The smallest absolute Gasteiger partial charge is 0.313 e. The lowest BCUT2D eigenvalue weighted by atomic mass is 9.88. The maximum atomic E-state index is 11.2. The lowest BCUT2D eigenvalue weighted by Crippen LogP contribution is -2.40. The number of carboxylic acid groups (broad SMARTS) is 2. The van der Waals surface area contributed by atoms with Gasteiger partial charge >= 0.3 is 11.9 Å². The van der Waals surface area contributed by atoms with Gasteiger partial charge in [0, 0.05) is 16.9 Å². The van der Waals surface area contributed by atoms with Gasteiger partial charge in [0.05, 0.1) is 23.7 Å². The highest BCUT2D eigenvalue weighted by Crippen LogP contribution is 2.50. The molecule has 11 nitrogen and oxygen atoms in total. The second-order valence-corrected chi connectivity index (χ2v) is 10.7. The monoisotopic (exact) mass is 496 g/mol. The minimum atomic E-state index is -0.944. The summed E-state index contributed by atoms with van der Waals surface area (Å²) < 4.78 is 8.01. The fourth-order valence-corrected chi connectivity index (χ4v) is 6.61. The van der Waals surface area contributed by atoms with Gasteiger partial charge in [0.25, 0.3) is 0 Å². The van der Waals surface area contributed by atoms with Crippen LogP contribution in [0.4, 0.5) is 5.95 Å². The van der Waals surface area contributed by atoms with Crippen molar-refractivity contribution in [2.45, 2.75) is 50.2 Å². The largest absolute Gasteiger partial charge is 0.481 e. The molecule has 32 heavy (non-hydrogen) atoms. The molecule has 5 rings (SSSR count). The molecule has 170 valence electrons. The molecule has 0 saturated carbocycles. The van der Waals surface area contributed by atoms with Gasteiger partial charge in [0.15, 0.2) is 16.5 Å². The number of carbonyl (C=O) groups is 2. The molecule has 0 fully saturated rings. The molecule has 3 aliphatic rings. The molecular formula is C18H20N6O5S3. The van der Waals surface area contributed by atoms with Crippen molar-refractivity contribution in [3.05, 3.63) is 16.0 Å². The van der Waals surface area contributed by atoms with Gasteiger partial charge in [-0.2, -0.15) is 5.10 Å². The molecule has 2 aromatic rings. The first kappa shape index (κ1) is 21.6. The van der Waals surface area contributed by atoms with Crippen LogP contribution in [-0.4, -0.2) is 59.2 Å². The number of thiophene rings is 1. The van der Waals surface area contributed by atoms with Crippen molar-refractivity contribution < 1.29 is 24.5 Å². The number of anilines is 1. The quantitative estimate of drug-likeness (QED) is 0.507. The highest BCUT2D eigenvalue weighted by molar-refractivity contribution is 8.14. The number of aromatic nitrogens is 3. The van der Waals surface area contributed by atoms with Crippen LogP contribution in [0.15, 0.2) is 10.3 Å². The Balaban J connectivity index is 1.63. The van der Waals surface area contributed by atoms with E-state index in [0.29, 0.717) is 22.9 Å². The Morgan fingerprint density at radius 3 is 2.75 bits per heavy atom. The number of amidine groups is 1. The summed E-state index contributed by atoms with van der Waals surface area (Å²) in [5, 5.41) is 33.1. The molecule has 0 aliphatic carbocycles. The Morgan fingerprint density at radius 1 is 1.28 bits per heavy atom. The van der Waals surface area contributed by atoms with Crippen molar-refractivity contribution in [3.63, 3.8) is 0 Å². The molecule has 0 saturated heterocycles. The lowest BCUT2D eigenvalue weighted by molar-refractivity contribution is -0.134. The first-order chi connectivity index (χ1) is 15.3. The van der Waals surface area contributed by atoms with Crippen LogP contribution in [0.25, 0.3) is 5.00 Å². The van der Waals surface area contributed by atoms with E-state index < -0.39 is 11.9 Å². The zero-order valence-corrected chi connectivity index (χ0v) is 19.6. The molecule has 0 bridgehead atoms. The SMILES string of the molecule is CCC1(C)Cc2c(sc3c2C2NN=C(SCC(=O)O)N2c2nnc(SCC(=O)O)n2-3)CO1. The Labute approximate surface area is 195 Å². The van der Waals surface area contributed by atoms with Crippen molar-refractivity contribution in [2.75, 3.05) is 16.4 Å². The number of thioether (sulfide) groups is 2. The van der Waals surface area contributed by atoms with Crippen LogP contribution in [0.5, 0.6) is 0 Å². The van der Waals surface area contributed by atoms with Crippen molar-refractivity contribution in [1.82, 2.24) is 20.2 Å². The van der Waals surface area contributed by atoms with Crippen molar-refractivity contribution in [3.8, 4) is 5.00 Å². The number of hydrazone groups is 1. The molecule has 0 aromatic carbocycles. The second-order valence-electron chi connectivity index (χ2n) is 7.77. The highest BCUT2D eigenvalue weighted by Gasteiger charge is 2.46. The van der Waals surface area contributed by atoms with E-state index in [0.717, 1.165) is 51.8 Å². The molecule has 2 aromatic heterocycles. The average molecular weight is 497 g/mol. The zero-order chi connectivity index (χ0) is 22.6. The van der Waals surface area contributed by atoms with Crippen LogP contribution in [0, 0.1) is 0 Å². The highest BCUT2D eigenvalue weighted by atomic mass is 32.2. The van der Waals surface area contributed by atoms with Gasteiger partial charge in [-0.05, 0) is 18.9 Å². The maximum Gasteiger partial charge on any atom is 0.313 e. The zero-order valence-electron chi connectivity index (χ0n) is 17.2. The fourth-order valence-electron chi connectivity index (χ4n) is 3.94. The van der Waals surface area contributed by atoms with Crippen molar-refractivity contribution in [1.29, 1.82) is 0 Å². The number of rotatable bonds is 6. The summed E-state index contributed by atoms with van der Waals surface area (Å²) in [6.45, 7) is 4.71. The molecule has 0 amide bonds. The molecule has 3 aliphatic heterocycles. The van der Waals surface area contributed by atoms with Crippen LogP contribution >= 0.6 is 34.9 Å². The van der Waals surface area contributed by atoms with Crippen molar-refractivity contribution in [2.24, 2.45) is 5.10 Å². The Morgan fingerprint density at radius 2 is 2.03 bits per heavy atom. The van der Waals surface area contributed by atoms with Gasteiger partial charge in [-0.25, -0.2) is 4.57 Å². The van der Waals surface area contributed by atoms with Crippen molar-refractivity contribution >= 4 is 57.9 Å². The topological polar surface area (TPSA) is 142 Å². The fraction of sp³-hybridized carbons (Fsp3) is 0.500. The average Bonchev–Trinajstić information content (AvgIpc) is 3.44. The minimum Gasteiger partial charge on any atom is -0.481 e. The molecule has 3 N–H and O–H groups in total.